The number of pyridine rings is 1. The molecule has 5 aliphatic rings. The molecule has 6 aromatic rings. The summed E-state index contributed by atoms with van der Waals surface area (Å²) in [5, 5.41) is 23.2. The maximum atomic E-state index is 17.2. The number of hydrogen-bond acceptors (Lipinski definition) is 12. The molecule has 4 saturated heterocycles. The number of carbonyl (C=O) groups excluding carboxylic acids is 3. The predicted octanol–water partition coefficient (Wildman–Crippen LogP) is 7.07. The first-order valence-electron chi connectivity index (χ1n) is 23.5. The Kier molecular flexibility index (Phi) is 10.8. The molecule has 7 heterocycles. The number of likely N-dealkylation sites (tertiary alicyclic amines) is 1. The van der Waals surface area contributed by atoms with E-state index in [0.717, 1.165) is 62.6 Å². The number of ether oxygens (including phenoxy) is 2. The van der Waals surface area contributed by atoms with Gasteiger partial charge in [-0.1, -0.05) is 13.0 Å². The number of phenols is 1. The average molecular weight is 914 g/mol. The number of aromatic hydroxyl groups is 1. The van der Waals surface area contributed by atoms with Crippen LogP contribution in [0.3, 0.4) is 0 Å². The van der Waals surface area contributed by atoms with Gasteiger partial charge in [-0.15, -0.1) is 0 Å². The Morgan fingerprint density at radius 1 is 1.01 bits per heavy atom. The molecule has 3 amide bonds. The third-order valence-electron chi connectivity index (χ3n) is 14.9. The van der Waals surface area contributed by atoms with E-state index in [0.29, 0.717) is 90.9 Å². The highest BCUT2D eigenvalue weighted by atomic mass is 19.1. The minimum atomic E-state index is -0.708. The summed E-state index contributed by atoms with van der Waals surface area (Å²) in [5.41, 5.74) is 2.33. The quantitative estimate of drug-likeness (QED) is 0.113. The van der Waals surface area contributed by atoms with E-state index < -0.39 is 17.6 Å². The molecule has 1 aliphatic carbocycles. The first-order valence-corrected chi connectivity index (χ1v) is 23.5. The molecule has 5 fully saturated rings. The van der Waals surface area contributed by atoms with E-state index in [1.165, 1.54) is 12.1 Å². The monoisotopic (exact) mass is 913 g/mol. The summed E-state index contributed by atoms with van der Waals surface area (Å²) in [7, 11) is 1.80. The number of imide groups is 1. The van der Waals surface area contributed by atoms with Crippen LogP contribution in [-0.2, 0) is 32.6 Å². The summed E-state index contributed by atoms with van der Waals surface area (Å²) in [6.45, 7) is 6.46. The van der Waals surface area contributed by atoms with Gasteiger partial charge in [0.1, 0.15) is 28.6 Å². The van der Waals surface area contributed by atoms with Crippen molar-refractivity contribution in [2.45, 2.75) is 82.7 Å². The fourth-order valence-electron chi connectivity index (χ4n) is 10.9. The molecule has 348 valence electrons. The smallest absolute Gasteiger partial charge is 0.319 e. The molecule has 1 saturated carbocycles. The highest BCUT2D eigenvalue weighted by molar-refractivity contribution is 6.04. The molecule has 67 heavy (non-hydrogen) atoms. The van der Waals surface area contributed by atoms with Crippen molar-refractivity contribution in [2.24, 2.45) is 18.4 Å². The van der Waals surface area contributed by atoms with Crippen LogP contribution in [0.15, 0.2) is 48.7 Å². The largest absolute Gasteiger partial charge is 0.508 e. The van der Waals surface area contributed by atoms with E-state index in [2.05, 4.69) is 30.5 Å². The highest BCUT2D eigenvalue weighted by Gasteiger charge is 2.46. The lowest BCUT2D eigenvalue weighted by molar-refractivity contribution is -0.151. The van der Waals surface area contributed by atoms with Crippen molar-refractivity contribution in [1.82, 2.24) is 34.9 Å². The van der Waals surface area contributed by atoms with Crippen LogP contribution in [0.2, 0.25) is 0 Å². The first-order chi connectivity index (χ1) is 32.4. The maximum absolute atomic E-state index is 17.2. The van der Waals surface area contributed by atoms with Crippen molar-refractivity contribution in [3.05, 3.63) is 71.6 Å². The van der Waals surface area contributed by atoms with Gasteiger partial charge < -0.3 is 29.7 Å². The number of anilines is 2. The topological polar surface area (TPSA) is 177 Å². The third-order valence-corrected chi connectivity index (χ3v) is 14.9. The van der Waals surface area contributed by atoms with E-state index in [-0.39, 0.29) is 69.6 Å². The second-order valence-corrected chi connectivity index (χ2v) is 19.4. The Balaban J connectivity index is 0.791. The standard InChI is InChI=1S/C50H53F2N9O6/c1-3-32-37(51)9-5-29-21-31(62)23-35(40(29)32)43-41(52)44-36(24-53-43)45(61-17-4-13-50(26-61)16-20-67-50)57-48(56-44)66-27-49(14-15-49)25-60-18-11-28(12-19-60)46(64)54-30-6-7-33-38(22-30)59(2)58-42(33)34-8-10-39(63)55-47(34)65/h5-7,9,21-24,28,34,62H,3-4,8,10-20,25-27H2,1-2H3,(H,54,64)(H,55,63,65). The van der Waals surface area contributed by atoms with Gasteiger partial charge in [0.25, 0.3) is 0 Å². The fraction of sp³-hybridized carbons (Fsp3) is 0.460. The molecule has 2 unspecified atom stereocenters. The summed E-state index contributed by atoms with van der Waals surface area (Å²) in [5.74, 6) is -2.00. The van der Waals surface area contributed by atoms with E-state index in [4.69, 9.17) is 19.4 Å². The molecule has 4 aliphatic heterocycles. The molecule has 0 radical (unpaired) electrons. The van der Waals surface area contributed by atoms with Gasteiger partial charge in [-0.2, -0.15) is 15.1 Å². The summed E-state index contributed by atoms with van der Waals surface area (Å²) in [6.07, 6.45) is 8.67. The zero-order valence-corrected chi connectivity index (χ0v) is 37.7. The minimum Gasteiger partial charge on any atom is -0.508 e. The summed E-state index contributed by atoms with van der Waals surface area (Å²) in [4.78, 5) is 56.7. The van der Waals surface area contributed by atoms with Crippen molar-refractivity contribution < 1.29 is 37.7 Å². The van der Waals surface area contributed by atoms with Gasteiger partial charge in [-0.05, 0) is 117 Å². The van der Waals surface area contributed by atoms with Crippen LogP contribution in [0.1, 0.15) is 81.9 Å². The third kappa shape index (κ3) is 7.98. The molecular formula is C50H53F2N9O6. The zero-order chi connectivity index (χ0) is 46.2. The van der Waals surface area contributed by atoms with Crippen LogP contribution in [-0.4, -0.2) is 104 Å². The Morgan fingerprint density at radius 3 is 2.58 bits per heavy atom. The van der Waals surface area contributed by atoms with Gasteiger partial charge in [0, 0.05) is 73.7 Å². The van der Waals surface area contributed by atoms with Gasteiger partial charge >= 0.3 is 6.01 Å². The Morgan fingerprint density at radius 2 is 1.84 bits per heavy atom. The number of nitrogens with zero attached hydrogens (tertiary/aromatic N) is 7. The number of aryl methyl sites for hydroxylation is 2. The van der Waals surface area contributed by atoms with Crippen molar-refractivity contribution in [2.75, 3.05) is 56.2 Å². The lowest BCUT2D eigenvalue weighted by atomic mass is 9.86. The van der Waals surface area contributed by atoms with E-state index in [9.17, 15) is 19.5 Å². The van der Waals surface area contributed by atoms with Crippen LogP contribution >= 0.6 is 0 Å². The van der Waals surface area contributed by atoms with Gasteiger partial charge in [-0.3, -0.25) is 29.4 Å². The second-order valence-electron chi connectivity index (χ2n) is 19.4. The molecule has 11 rings (SSSR count). The van der Waals surface area contributed by atoms with Crippen LogP contribution in [0.25, 0.3) is 43.8 Å². The summed E-state index contributed by atoms with van der Waals surface area (Å²) >= 11 is 0. The molecule has 0 bridgehead atoms. The number of fused-ring (bicyclic) bond motifs is 3. The summed E-state index contributed by atoms with van der Waals surface area (Å²) < 4.78 is 46.6. The normalized spacial score (nSPS) is 22.1. The number of piperidine rings is 3. The van der Waals surface area contributed by atoms with Gasteiger partial charge in [-0.25, -0.2) is 8.78 Å². The van der Waals surface area contributed by atoms with Gasteiger partial charge in [0.15, 0.2) is 5.82 Å². The zero-order valence-electron chi connectivity index (χ0n) is 37.7. The van der Waals surface area contributed by atoms with E-state index in [1.807, 2.05) is 25.1 Å². The number of amides is 3. The van der Waals surface area contributed by atoms with Crippen LogP contribution in [0, 0.1) is 23.0 Å². The number of carbonyl (C=O) groups is 3. The maximum Gasteiger partial charge on any atom is 0.319 e. The Hall–Kier alpha value is -6.33. The van der Waals surface area contributed by atoms with Crippen LogP contribution in [0.4, 0.5) is 20.3 Å². The molecule has 2 atom stereocenters. The molecular weight excluding hydrogens is 861 g/mol. The molecule has 17 heteroatoms. The highest BCUT2D eigenvalue weighted by Crippen LogP contribution is 2.48. The minimum absolute atomic E-state index is 0.0347. The van der Waals surface area contributed by atoms with Gasteiger partial charge in [0.2, 0.25) is 17.7 Å². The number of phenolic OH excluding ortho intramolecular Hbond substituents is 1. The molecule has 1 spiro atoms. The van der Waals surface area contributed by atoms with Crippen LogP contribution < -0.4 is 20.3 Å². The van der Waals surface area contributed by atoms with Crippen molar-refractivity contribution in [3.8, 4) is 23.0 Å². The molecule has 15 nitrogen and oxygen atoms in total. The Labute approximate surface area is 385 Å². The predicted molar refractivity (Wildman–Crippen MR) is 247 cm³/mol. The fourth-order valence-corrected chi connectivity index (χ4v) is 10.9. The number of aromatic nitrogens is 5. The lowest BCUT2D eigenvalue weighted by Gasteiger charge is -2.48. The molecule has 3 N–H and O–H groups in total. The Bertz CT molecular complexity index is 3000. The van der Waals surface area contributed by atoms with E-state index >= 15 is 8.78 Å². The number of nitrogens with one attached hydrogen (secondary N) is 2. The number of halogens is 2. The molecule has 3 aromatic heterocycles. The number of rotatable bonds is 11. The van der Waals surface area contributed by atoms with E-state index in [1.54, 1.807) is 30.1 Å². The van der Waals surface area contributed by atoms with Crippen molar-refractivity contribution >= 4 is 61.8 Å². The van der Waals surface area contributed by atoms with Gasteiger partial charge in [0.05, 0.1) is 41.3 Å². The number of benzene rings is 3. The second kappa shape index (κ2) is 16.8. The van der Waals surface area contributed by atoms with Crippen molar-refractivity contribution in [3.63, 3.8) is 0 Å². The summed E-state index contributed by atoms with van der Waals surface area (Å²) in [6, 6.07) is 11.6. The average Bonchev–Trinajstić information content (AvgIpc) is 4.01. The molecule has 3 aromatic carbocycles. The SMILES string of the molecule is CCc1c(F)ccc2cc(O)cc(-c3ncc4c(N5CCCC6(CCO6)C5)nc(OCC5(CN6CCC(C(=O)Nc7ccc8c(C9CCC(=O)NC9=O)nn(C)c8c7)CC6)CC5)nc4c3F)c12. The number of hydrogen-bond donors (Lipinski definition) is 3. The first kappa shape index (κ1) is 43.3. The lowest BCUT2D eigenvalue weighted by Crippen LogP contribution is -2.56. The van der Waals surface area contributed by atoms with Crippen LogP contribution in [0.5, 0.6) is 11.8 Å². The van der Waals surface area contributed by atoms with Crippen molar-refractivity contribution in [1.29, 1.82) is 0 Å².